The summed E-state index contributed by atoms with van der Waals surface area (Å²) in [4.78, 5) is 29.4. The molecule has 2 aliphatic rings. The minimum Gasteiger partial charge on any atom is -0.378 e. The van der Waals surface area contributed by atoms with Gasteiger partial charge in [0.15, 0.2) is 5.82 Å². The van der Waals surface area contributed by atoms with Gasteiger partial charge in [-0.15, -0.1) is 0 Å². The smallest absolute Gasteiger partial charge is 0.378 e. The topological polar surface area (TPSA) is 97.5 Å². The molecule has 1 aromatic carbocycles. The Labute approximate surface area is 198 Å². The molecule has 35 heavy (non-hydrogen) atoms. The van der Waals surface area contributed by atoms with Crippen LogP contribution < -0.4 is 0 Å². The summed E-state index contributed by atoms with van der Waals surface area (Å²) in [6, 6.07) is 4.98. The Hall–Kier alpha value is -3.54. The van der Waals surface area contributed by atoms with E-state index in [2.05, 4.69) is 20.1 Å². The maximum absolute atomic E-state index is 13.3. The number of aromatic nitrogens is 4. The quantitative estimate of drug-likeness (QED) is 0.556. The molecule has 2 amide bonds. The molecule has 2 aromatic heterocycles. The predicted octanol–water partition coefficient (Wildman–Crippen LogP) is 3.57. The number of ether oxygens (including phenoxy) is 1. The Balaban J connectivity index is 1.41. The van der Waals surface area contributed by atoms with Crippen molar-refractivity contribution in [3.63, 3.8) is 0 Å². The summed E-state index contributed by atoms with van der Waals surface area (Å²) in [5.74, 6) is 0.174. The molecule has 4 heterocycles. The fourth-order valence-corrected chi connectivity index (χ4v) is 4.50. The van der Waals surface area contributed by atoms with Gasteiger partial charge in [-0.25, -0.2) is 9.78 Å². The second-order valence-electron chi connectivity index (χ2n) is 8.58. The van der Waals surface area contributed by atoms with Crippen LogP contribution in [-0.4, -0.2) is 75.3 Å². The van der Waals surface area contributed by atoms with Crippen LogP contribution >= 0.6 is 0 Å². The van der Waals surface area contributed by atoms with Crippen molar-refractivity contribution in [2.45, 2.75) is 24.4 Å². The number of morpholine rings is 1. The number of piperidine rings is 1. The maximum Gasteiger partial charge on any atom is 0.416 e. The minimum atomic E-state index is -4.41. The van der Waals surface area contributed by atoms with E-state index < -0.39 is 11.7 Å². The summed E-state index contributed by atoms with van der Waals surface area (Å²) >= 11 is 0. The van der Waals surface area contributed by atoms with Gasteiger partial charge in [-0.2, -0.15) is 18.2 Å². The lowest BCUT2D eigenvalue weighted by molar-refractivity contribution is -0.137. The molecule has 2 atom stereocenters. The van der Waals surface area contributed by atoms with Crippen LogP contribution in [0.15, 0.2) is 47.4 Å². The van der Waals surface area contributed by atoms with Gasteiger partial charge in [-0.3, -0.25) is 4.98 Å². The summed E-state index contributed by atoms with van der Waals surface area (Å²) < 4.78 is 49.9. The third-order valence-corrected chi connectivity index (χ3v) is 6.30. The molecular weight excluding hydrogens is 465 g/mol. The highest BCUT2D eigenvalue weighted by Gasteiger charge is 2.37. The highest BCUT2D eigenvalue weighted by molar-refractivity contribution is 5.75. The first-order valence-electron chi connectivity index (χ1n) is 11.3. The van der Waals surface area contributed by atoms with Crippen molar-refractivity contribution in [2.24, 2.45) is 0 Å². The Morgan fingerprint density at radius 1 is 1.00 bits per heavy atom. The molecular formula is C23H23F3N6O3. The van der Waals surface area contributed by atoms with Gasteiger partial charge in [-0.05, 0) is 24.1 Å². The van der Waals surface area contributed by atoms with Crippen molar-refractivity contribution in [1.29, 1.82) is 0 Å². The molecule has 2 aliphatic heterocycles. The molecule has 12 heteroatoms. The van der Waals surface area contributed by atoms with E-state index in [0.29, 0.717) is 57.3 Å². The summed E-state index contributed by atoms with van der Waals surface area (Å²) in [6.07, 6.45) is 0.706. The second kappa shape index (κ2) is 9.61. The molecule has 0 spiro atoms. The normalized spacial score (nSPS) is 21.2. The third-order valence-electron chi connectivity index (χ3n) is 6.30. The molecule has 2 fully saturated rings. The first-order chi connectivity index (χ1) is 16.9. The van der Waals surface area contributed by atoms with Gasteiger partial charge in [0.05, 0.1) is 25.0 Å². The van der Waals surface area contributed by atoms with Gasteiger partial charge < -0.3 is 19.1 Å². The molecule has 5 rings (SSSR count). The number of hydrogen-bond acceptors (Lipinski definition) is 7. The minimum absolute atomic E-state index is 0.132. The standard InChI is InChI=1S/C23H23F3N6O3/c24-23(25,26)18-3-1-15(2-4-18)16-11-17(14-32(13-16)22(33)31-7-9-34-10-8-31)20-29-21(35-30-20)19-12-27-5-6-28-19/h1-6,12,16-17H,7-11,13-14H2. The van der Waals surface area contributed by atoms with Gasteiger partial charge in [0.25, 0.3) is 5.89 Å². The fourth-order valence-electron chi connectivity index (χ4n) is 4.50. The Morgan fingerprint density at radius 3 is 2.43 bits per heavy atom. The fraction of sp³-hybridized carbons (Fsp3) is 0.435. The van der Waals surface area contributed by atoms with Gasteiger partial charge in [0.2, 0.25) is 0 Å². The number of carbonyl (C=O) groups is 1. The Morgan fingerprint density at radius 2 is 1.74 bits per heavy atom. The molecule has 2 unspecified atom stereocenters. The largest absolute Gasteiger partial charge is 0.416 e. The number of rotatable bonds is 3. The van der Waals surface area contributed by atoms with E-state index >= 15 is 0 Å². The number of nitrogens with zero attached hydrogens (tertiary/aromatic N) is 6. The van der Waals surface area contributed by atoms with Crippen molar-refractivity contribution in [3.8, 4) is 11.6 Å². The van der Waals surface area contributed by atoms with Crippen molar-refractivity contribution in [1.82, 2.24) is 29.9 Å². The lowest BCUT2D eigenvalue weighted by Gasteiger charge is -2.40. The lowest BCUT2D eigenvalue weighted by Crippen LogP contribution is -2.52. The Kier molecular flexibility index (Phi) is 6.37. The highest BCUT2D eigenvalue weighted by Crippen LogP contribution is 2.37. The van der Waals surface area contributed by atoms with Crippen LogP contribution in [0.4, 0.5) is 18.0 Å². The van der Waals surface area contributed by atoms with Gasteiger partial charge in [-0.1, -0.05) is 17.3 Å². The number of benzene rings is 1. The number of alkyl halides is 3. The molecule has 0 radical (unpaired) electrons. The number of urea groups is 1. The summed E-state index contributed by atoms with van der Waals surface area (Å²) in [5, 5.41) is 4.12. The number of carbonyl (C=O) groups excluding carboxylic acids is 1. The maximum atomic E-state index is 13.3. The summed E-state index contributed by atoms with van der Waals surface area (Å²) in [5.41, 5.74) is 0.448. The van der Waals surface area contributed by atoms with E-state index in [1.165, 1.54) is 30.7 Å². The van der Waals surface area contributed by atoms with E-state index in [-0.39, 0.29) is 23.8 Å². The van der Waals surface area contributed by atoms with Crippen LogP contribution in [0, 0.1) is 0 Å². The van der Waals surface area contributed by atoms with Crippen LogP contribution in [-0.2, 0) is 10.9 Å². The van der Waals surface area contributed by atoms with E-state index in [0.717, 1.165) is 17.7 Å². The molecule has 0 saturated carbocycles. The zero-order valence-corrected chi connectivity index (χ0v) is 18.7. The number of hydrogen-bond donors (Lipinski definition) is 0. The zero-order valence-electron chi connectivity index (χ0n) is 18.7. The van der Waals surface area contributed by atoms with E-state index in [4.69, 9.17) is 9.26 Å². The number of likely N-dealkylation sites (tertiary alicyclic amines) is 1. The van der Waals surface area contributed by atoms with Crippen molar-refractivity contribution < 1.29 is 27.2 Å². The molecule has 0 aliphatic carbocycles. The van der Waals surface area contributed by atoms with Crippen LogP contribution in [0.2, 0.25) is 0 Å². The predicted molar refractivity (Wildman–Crippen MR) is 116 cm³/mol. The molecule has 3 aromatic rings. The molecule has 184 valence electrons. The van der Waals surface area contributed by atoms with E-state index in [9.17, 15) is 18.0 Å². The van der Waals surface area contributed by atoms with Gasteiger partial charge >= 0.3 is 12.2 Å². The molecule has 9 nitrogen and oxygen atoms in total. The SMILES string of the molecule is O=C(N1CCOCC1)N1CC(c2ccc(C(F)(F)F)cc2)CC(c2noc(-c3cnccn3)n2)C1. The number of halogens is 3. The first-order valence-corrected chi connectivity index (χ1v) is 11.3. The van der Waals surface area contributed by atoms with Crippen LogP contribution in [0.1, 0.15) is 35.2 Å². The van der Waals surface area contributed by atoms with Crippen LogP contribution in [0.25, 0.3) is 11.6 Å². The van der Waals surface area contributed by atoms with Crippen LogP contribution in [0.3, 0.4) is 0 Å². The summed E-state index contributed by atoms with van der Waals surface area (Å²) in [7, 11) is 0. The first kappa shape index (κ1) is 23.2. The molecule has 2 saturated heterocycles. The molecule has 0 N–H and O–H groups in total. The average Bonchev–Trinajstić information content (AvgIpc) is 3.39. The van der Waals surface area contributed by atoms with Crippen LogP contribution in [0.5, 0.6) is 0 Å². The van der Waals surface area contributed by atoms with Crippen molar-refractivity contribution >= 4 is 6.03 Å². The lowest BCUT2D eigenvalue weighted by atomic mass is 9.84. The van der Waals surface area contributed by atoms with Crippen molar-refractivity contribution in [3.05, 3.63) is 59.8 Å². The van der Waals surface area contributed by atoms with E-state index in [1.807, 2.05) is 0 Å². The van der Waals surface area contributed by atoms with E-state index in [1.54, 1.807) is 9.80 Å². The Bertz CT molecular complexity index is 1150. The summed E-state index contributed by atoms with van der Waals surface area (Å²) in [6.45, 7) is 2.67. The number of amides is 2. The monoisotopic (exact) mass is 488 g/mol. The zero-order chi connectivity index (χ0) is 24.4. The van der Waals surface area contributed by atoms with Crippen molar-refractivity contribution in [2.75, 3.05) is 39.4 Å². The average molecular weight is 488 g/mol. The van der Waals surface area contributed by atoms with Gasteiger partial charge in [0.1, 0.15) is 5.69 Å². The molecule has 0 bridgehead atoms. The highest BCUT2D eigenvalue weighted by atomic mass is 19.4. The van der Waals surface area contributed by atoms with Gasteiger partial charge in [0, 0.05) is 50.4 Å². The second-order valence-corrected chi connectivity index (χ2v) is 8.58. The third kappa shape index (κ3) is 5.11.